The van der Waals surface area contributed by atoms with Crippen molar-refractivity contribution in [3.63, 3.8) is 0 Å². The van der Waals surface area contributed by atoms with Crippen LogP contribution in [0.3, 0.4) is 0 Å². The van der Waals surface area contributed by atoms with Crippen LogP contribution >= 0.6 is 0 Å². The molecular formula is C21H18N2O3. The molecule has 2 N–H and O–H groups in total. The van der Waals surface area contributed by atoms with Crippen molar-refractivity contribution < 1.29 is 14.3 Å². The van der Waals surface area contributed by atoms with Gasteiger partial charge in [0.05, 0.1) is 5.92 Å². The van der Waals surface area contributed by atoms with E-state index in [1.54, 1.807) is 6.92 Å². The quantitative estimate of drug-likeness (QED) is 0.899. The fourth-order valence-corrected chi connectivity index (χ4v) is 3.05. The van der Waals surface area contributed by atoms with E-state index in [0.717, 1.165) is 5.56 Å². The third kappa shape index (κ3) is 3.31. The molecule has 5 nitrogen and oxygen atoms in total. The second kappa shape index (κ2) is 7.16. The summed E-state index contributed by atoms with van der Waals surface area (Å²) in [6, 6.07) is 18.7. The molecule has 2 aromatic rings. The number of hydrogen-bond acceptors (Lipinski definition) is 5. The number of nitrogens with two attached hydrogens (primary N) is 1. The Morgan fingerprint density at radius 3 is 2.50 bits per heavy atom. The molecule has 3 rings (SSSR count). The van der Waals surface area contributed by atoms with Crippen LogP contribution in [0.1, 0.15) is 25.3 Å². The number of allylic oxidation sites excluding steroid dienone is 3. The Labute approximate surface area is 152 Å². The number of rotatable bonds is 4. The Hall–Kier alpha value is -3.52. The zero-order chi connectivity index (χ0) is 18.7. The van der Waals surface area contributed by atoms with Gasteiger partial charge in [-0.25, -0.2) is 0 Å². The van der Waals surface area contributed by atoms with Crippen LogP contribution in [0.4, 0.5) is 0 Å². The average molecular weight is 346 g/mol. The Kier molecular flexibility index (Phi) is 4.76. The first kappa shape index (κ1) is 17.3. The van der Waals surface area contributed by atoms with Crippen LogP contribution in [0.15, 0.2) is 77.4 Å². The normalized spacial score (nSPS) is 16.7. The third-order valence-electron chi connectivity index (χ3n) is 4.16. The van der Waals surface area contributed by atoms with Crippen molar-refractivity contribution in [3.8, 4) is 17.6 Å². The van der Waals surface area contributed by atoms with Crippen LogP contribution in [0.25, 0.3) is 0 Å². The van der Waals surface area contributed by atoms with E-state index in [4.69, 9.17) is 15.2 Å². The maximum Gasteiger partial charge on any atom is 0.205 e. The second-order valence-corrected chi connectivity index (χ2v) is 5.94. The Balaban J connectivity index is 2.05. The van der Waals surface area contributed by atoms with Gasteiger partial charge < -0.3 is 15.2 Å². The molecule has 0 fully saturated rings. The van der Waals surface area contributed by atoms with E-state index in [0.29, 0.717) is 22.8 Å². The number of hydrogen-bond donors (Lipinski definition) is 1. The van der Waals surface area contributed by atoms with Gasteiger partial charge in [-0.3, -0.25) is 4.79 Å². The van der Waals surface area contributed by atoms with Crippen LogP contribution in [0, 0.1) is 11.3 Å². The molecule has 2 aromatic carbocycles. The lowest BCUT2D eigenvalue weighted by Crippen LogP contribution is -2.23. The van der Waals surface area contributed by atoms with Crippen LogP contribution < -0.4 is 10.5 Å². The van der Waals surface area contributed by atoms with Crippen molar-refractivity contribution in [2.24, 2.45) is 5.73 Å². The first-order valence-electron chi connectivity index (χ1n) is 8.13. The Morgan fingerprint density at radius 2 is 1.85 bits per heavy atom. The lowest BCUT2D eigenvalue weighted by Gasteiger charge is -2.27. The fourth-order valence-electron chi connectivity index (χ4n) is 3.05. The molecule has 1 aliphatic heterocycles. The van der Waals surface area contributed by atoms with Crippen molar-refractivity contribution in [2.45, 2.75) is 19.8 Å². The van der Waals surface area contributed by atoms with Crippen molar-refractivity contribution in [1.29, 1.82) is 5.26 Å². The highest BCUT2D eigenvalue weighted by molar-refractivity contribution is 5.96. The average Bonchev–Trinajstić information content (AvgIpc) is 2.62. The van der Waals surface area contributed by atoms with E-state index in [2.05, 4.69) is 6.07 Å². The molecule has 5 heteroatoms. The molecule has 1 atom stereocenters. The van der Waals surface area contributed by atoms with Crippen molar-refractivity contribution in [1.82, 2.24) is 0 Å². The predicted octanol–water partition coefficient (Wildman–Crippen LogP) is 4.15. The minimum absolute atomic E-state index is 0.0226. The van der Waals surface area contributed by atoms with Crippen LogP contribution in [-0.2, 0) is 9.53 Å². The van der Waals surface area contributed by atoms with Gasteiger partial charge in [-0.05, 0) is 43.7 Å². The number of para-hydroxylation sites is 1. The monoisotopic (exact) mass is 346 g/mol. The zero-order valence-corrected chi connectivity index (χ0v) is 14.5. The standard InChI is InChI=1S/C21H18N2O3/c1-13(24)19-14(2)25-21(23)18(12-22)20(19)15-7-6-10-17(11-15)26-16-8-4-3-5-9-16/h3-11,20H,23H2,1-2H3/t20-/m1/s1. The number of ketones is 1. The summed E-state index contributed by atoms with van der Waals surface area (Å²) in [6.45, 7) is 3.13. The topological polar surface area (TPSA) is 85.3 Å². The first-order chi connectivity index (χ1) is 12.5. The van der Waals surface area contributed by atoms with Crippen LogP contribution in [0.5, 0.6) is 11.5 Å². The molecule has 0 saturated heterocycles. The highest BCUT2D eigenvalue weighted by Gasteiger charge is 2.33. The zero-order valence-electron chi connectivity index (χ0n) is 14.5. The smallest absolute Gasteiger partial charge is 0.205 e. The summed E-state index contributed by atoms with van der Waals surface area (Å²) in [6.07, 6.45) is 0. The summed E-state index contributed by atoms with van der Waals surface area (Å²) in [5, 5.41) is 9.55. The molecule has 1 heterocycles. The molecule has 0 radical (unpaired) electrons. The number of carbonyl (C=O) groups is 1. The second-order valence-electron chi connectivity index (χ2n) is 5.94. The lowest BCUT2D eigenvalue weighted by molar-refractivity contribution is -0.114. The summed E-state index contributed by atoms with van der Waals surface area (Å²) < 4.78 is 11.3. The maximum atomic E-state index is 12.2. The van der Waals surface area contributed by atoms with Gasteiger partial charge in [0.15, 0.2) is 5.78 Å². The van der Waals surface area contributed by atoms with Gasteiger partial charge >= 0.3 is 0 Å². The number of Topliss-reactive ketones (excluding diaryl/α,β-unsaturated/α-hetero) is 1. The fraction of sp³-hybridized carbons (Fsp3) is 0.143. The van der Waals surface area contributed by atoms with Crippen LogP contribution in [-0.4, -0.2) is 5.78 Å². The molecule has 26 heavy (non-hydrogen) atoms. The van der Waals surface area contributed by atoms with Gasteiger partial charge in [-0.15, -0.1) is 0 Å². The number of benzene rings is 2. The third-order valence-corrected chi connectivity index (χ3v) is 4.16. The van der Waals surface area contributed by atoms with Gasteiger partial charge in [-0.2, -0.15) is 5.26 Å². The lowest BCUT2D eigenvalue weighted by atomic mass is 9.81. The summed E-state index contributed by atoms with van der Waals surface area (Å²) in [7, 11) is 0. The number of ether oxygens (including phenoxy) is 2. The van der Waals surface area contributed by atoms with Crippen molar-refractivity contribution in [2.75, 3.05) is 0 Å². The SMILES string of the molecule is CC(=O)C1=C(C)OC(N)=C(C#N)[C@H]1c1cccc(Oc2ccccc2)c1. The summed E-state index contributed by atoms with van der Waals surface area (Å²) >= 11 is 0. The minimum Gasteiger partial charge on any atom is -0.457 e. The molecule has 0 saturated carbocycles. The van der Waals surface area contributed by atoms with Gasteiger partial charge in [-0.1, -0.05) is 30.3 Å². The molecule has 1 aliphatic rings. The van der Waals surface area contributed by atoms with Crippen LogP contribution in [0.2, 0.25) is 0 Å². The van der Waals surface area contributed by atoms with E-state index in [9.17, 15) is 10.1 Å². The van der Waals surface area contributed by atoms with E-state index < -0.39 is 5.92 Å². The van der Waals surface area contributed by atoms with Crippen molar-refractivity contribution in [3.05, 3.63) is 82.9 Å². The summed E-state index contributed by atoms with van der Waals surface area (Å²) in [4.78, 5) is 12.2. The molecule has 0 spiro atoms. The number of carbonyl (C=O) groups excluding carboxylic acids is 1. The summed E-state index contributed by atoms with van der Waals surface area (Å²) in [5.74, 6) is 0.998. The predicted molar refractivity (Wildman–Crippen MR) is 97.0 cm³/mol. The number of nitriles is 1. The van der Waals surface area contributed by atoms with Gasteiger partial charge in [0.2, 0.25) is 5.88 Å². The molecular weight excluding hydrogens is 328 g/mol. The van der Waals surface area contributed by atoms with E-state index >= 15 is 0 Å². The maximum absolute atomic E-state index is 12.2. The van der Waals surface area contributed by atoms with Gasteiger partial charge in [0, 0.05) is 5.57 Å². The summed E-state index contributed by atoms with van der Waals surface area (Å²) in [5.41, 5.74) is 7.28. The van der Waals surface area contributed by atoms with E-state index in [1.165, 1.54) is 6.92 Å². The van der Waals surface area contributed by atoms with E-state index in [1.807, 2.05) is 54.6 Å². The molecule has 0 aromatic heterocycles. The van der Waals surface area contributed by atoms with Crippen molar-refractivity contribution >= 4 is 5.78 Å². The first-order valence-corrected chi connectivity index (χ1v) is 8.13. The number of nitrogens with zero attached hydrogens (tertiary/aromatic N) is 1. The molecule has 0 aliphatic carbocycles. The Bertz CT molecular complexity index is 953. The van der Waals surface area contributed by atoms with Gasteiger partial charge in [0.25, 0.3) is 0 Å². The molecule has 0 amide bonds. The minimum atomic E-state index is -0.578. The molecule has 0 bridgehead atoms. The molecule has 130 valence electrons. The van der Waals surface area contributed by atoms with E-state index in [-0.39, 0.29) is 17.2 Å². The van der Waals surface area contributed by atoms with Gasteiger partial charge in [0.1, 0.15) is 28.9 Å². The largest absolute Gasteiger partial charge is 0.457 e. The Morgan fingerprint density at radius 1 is 1.15 bits per heavy atom. The molecule has 0 unspecified atom stereocenters. The highest BCUT2D eigenvalue weighted by atomic mass is 16.5. The highest BCUT2D eigenvalue weighted by Crippen LogP contribution is 2.40.